The van der Waals surface area contributed by atoms with Crippen LogP contribution in [-0.4, -0.2) is 18.3 Å². The largest absolute Gasteiger partial charge is 0.483 e. The lowest BCUT2D eigenvalue weighted by atomic mass is 10.2. The molecule has 0 atom stereocenters. The minimum Gasteiger partial charge on any atom is -0.483 e. The molecule has 16 heavy (non-hydrogen) atoms. The lowest BCUT2D eigenvalue weighted by molar-refractivity contribution is -0.123. The molecule has 86 valence electrons. The Hall–Kier alpha value is -1.46. The van der Waals surface area contributed by atoms with E-state index in [2.05, 4.69) is 12.6 Å². The maximum atomic E-state index is 10.9. The van der Waals surface area contributed by atoms with Gasteiger partial charge < -0.3 is 4.74 Å². The summed E-state index contributed by atoms with van der Waals surface area (Å²) in [5, 5.41) is 0. The first kappa shape index (κ1) is 12.6. The lowest BCUT2D eigenvalue weighted by Gasteiger charge is -2.07. The number of thiol groups is 1. The van der Waals surface area contributed by atoms with E-state index < -0.39 is 0 Å². The van der Waals surface area contributed by atoms with Crippen LogP contribution < -0.4 is 16.0 Å². The van der Waals surface area contributed by atoms with Gasteiger partial charge in [0.25, 0.3) is 5.91 Å². The highest BCUT2D eigenvalue weighted by Crippen LogP contribution is 2.19. The number of hydrazine groups is 1. The molecule has 0 saturated carbocycles. The minimum atomic E-state index is -0.368. The second-order valence-corrected chi connectivity index (χ2v) is 3.34. The fourth-order valence-corrected chi connectivity index (χ4v) is 1.22. The van der Waals surface area contributed by atoms with Crippen molar-refractivity contribution in [2.75, 3.05) is 12.4 Å². The predicted octanol–water partition coefficient (Wildman–Crippen LogP) is 0.998. The Kier molecular flexibility index (Phi) is 5.45. The van der Waals surface area contributed by atoms with E-state index in [0.29, 0.717) is 11.5 Å². The van der Waals surface area contributed by atoms with Crippen LogP contribution in [0.15, 0.2) is 30.3 Å². The second kappa shape index (κ2) is 6.92. The molecule has 5 heteroatoms. The number of para-hydroxylation sites is 1. The number of nitrogens with one attached hydrogen (secondary N) is 1. The zero-order valence-corrected chi connectivity index (χ0v) is 9.61. The first-order valence-electron chi connectivity index (χ1n) is 4.76. The van der Waals surface area contributed by atoms with Crippen molar-refractivity contribution >= 4 is 24.6 Å². The maximum absolute atomic E-state index is 10.9. The van der Waals surface area contributed by atoms with Gasteiger partial charge in [0.05, 0.1) is 0 Å². The Morgan fingerprint density at radius 3 is 2.94 bits per heavy atom. The summed E-state index contributed by atoms with van der Waals surface area (Å²) >= 11 is 4.08. The molecule has 0 heterocycles. The monoisotopic (exact) mass is 238 g/mol. The number of carbonyl (C=O) groups excluding carboxylic acids is 1. The fourth-order valence-electron chi connectivity index (χ4n) is 1.11. The van der Waals surface area contributed by atoms with E-state index in [-0.39, 0.29) is 12.5 Å². The van der Waals surface area contributed by atoms with Gasteiger partial charge >= 0.3 is 0 Å². The summed E-state index contributed by atoms with van der Waals surface area (Å²) in [6.07, 6.45) is 3.79. The summed E-state index contributed by atoms with van der Waals surface area (Å²) in [5.41, 5.74) is 2.91. The Bertz CT molecular complexity index is 380. The van der Waals surface area contributed by atoms with Crippen LogP contribution in [0.3, 0.4) is 0 Å². The molecule has 0 aliphatic heterocycles. The van der Waals surface area contributed by atoms with Crippen LogP contribution in [-0.2, 0) is 4.79 Å². The van der Waals surface area contributed by atoms with Gasteiger partial charge in [0.2, 0.25) is 0 Å². The van der Waals surface area contributed by atoms with Crippen molar-refractivity contribution in [3.63, 3.8) is 0 Å². The third kappa shape index (κ3) is 3.96. The summed E-state index contributed by atoms with van der Waals surface area (Å²) in [7, 11) is 0. The van der Waals surface area contributed by atoms with Gasteiger partial charge in [-0.2, -0.15) is 12.6 Å². The number of amides is 1. The van der Waals surface area contributed by atoms with Crippen molar-refractivity contribution < 1.29 is 9.53 Å². The SMILES string of the molecule is NNC(=O)COc1ccccc1C=CCS. The Balaban J connectivity index is 2.71. The smallest absolute Gasteiger partial charge is 0.271 e. The van der Waals surface area contributed by atoms with Crippen molar-refractivity contribution in [3.8, 4) is 5.75 Å². The lowest BCUT2D eigenvalue weighted by Crippen LogP contribution is -2.34. The van der Waals surface area contributed by atoms with Crippen molar-refractivity contribution in [1.29, 1.82) is 0 Å². The molecule has 0 aromatic heterocycles. The predicted molar refractivity (Wildman–Crippen MR) is 67.2 cm³/mol. The average molecular weight is 238 g/mol. The molecule has 1 amide bonds. The first-order valence-corrected chi connectivity index (χ1v) is 5.40. The molecule has 0 fully saturated rings. The highest BCUT2D eigenvalue weighted by molar-refractivity contribution is 7.80. The summed E-state index contributed by atoms with van der Waals surface area (Å²) in [4.78, 5) is 10.9. The van der Waals surface area contributed by atoms with Gasteiger partial charge in [-0.05, 0) is 6.07 Å². The number of benzene rings is 1. The van der Waals surface area contributed by atoms with Gasteiger partial charge in [0, 0.05) is 11.3 Å². The zero-order chi connectivity index (χ0) is 11.8. The average Bonchev–Trinajstić information content (AvgIpc) is 2.34. The van der Waals surface area contributed by atoms with Crippen LogP contribution in [0, 0.1) is 0 Å². The molecule has 0 saturated heterocycles. The number of hydrogen-bond acceptors (Lipinski definition) is 4. The van der Waals surface area contributed by atoms with Crippen molar-refractivity contribution in [3.05, 3.63) is 35.9 Å². The van der Waals surface area contributed by atoms with Gasteiger partial charge in [0.1, 0.15) is 5.75 Å². The number of ether oxygens (including phenoxy) is 1. The molecule has 3 N–H and O–H groups in total. The molecule has 0 spiro atoms. The van der Waals surface area contributed by atoms with E-state index in [1.165, 1.54) is 0 Å². The molecule has 4 nitrogen and oxygen atoms in total. The molecular formula is C11H14N2O2S. The van der Waals surface area contributed by atoms with Crippen molar-refractivity contribution in [1.82, 2.24) is 5.43 Å². The Morgan fingerprint density at radius 2 is 2.25 bits per heavy atom. The van der Waals surface area contributed by atoms with E-state index in [9.17, 15) is 4.79 Å². The summed E-state index contributed by atoms with van der Waals surface area (Å²) in [5.74, 6) is 5.88. The van der Waals surface area contributed by atoms with Gasteiger partial charge in [-0.1, -0.05) is 30.4 Å². The Morgan fingerprint density at radius 1 is 1.50 bits per heavy atom. The Labute approximate surface area is 99.9 Å². The third-order valence-electron chi connectivity index (χ3n) is 1.84. The van der Waals surface area contributed by atoms with E-state index in [1.54, 1.807) is 6.07 Å². The summed E-state index contributed by atoms with van der Waals surface area (Å²) < 4.78 is 5.32. The fraction of sp³-hybridized carbons (Fsp3) is 0.182. The van der Waals surface area contributed by atoms with Crippen molar-refractivity contribution in [2.45, 2.75) is 0 Å². The number of rotatable bonds is 5. The topological polar surface area (TPSA) is 64.3 Å². The normalized spacial score (nSPS) is 10.4. The molecule has 0 aliphatic carbocycles. The van der Waals surface area contributed by atoms with Crippen LogP contribution in [0.1, 0.15) is 5.56 Å². The number of hydrogen-bond donors (Lipinski definition) is 3. The van der Waals surface area contributed by atoms with Gasteiger partial charge in [0.15, 0.2) is 6.61 Å². The number of carbonyl (C=O) groups is 1. The molecule has 1 aromatic rings. The minimum absolute atomic E-state index is 0.0950. The van der Waals surface area contributed by atoms with Crippen LogP contribution in [0.4, 0.5) is 0 Å². The van der Waals surface area contributed by atoms with Gasteiger partial charge in [-0.25, -0.2) is 5.84 Å². The van der Waals surface area contributed by atoms with E-state index in [4.69, 9.17) is 10.6 Å². The van der Waals surface area contributed by atoms with Crippen molar-refractivity contribution in [2.24, 2.45) is 5.84 Å². The van der Waals surface area contributed by atoms with Crippen LogP contribution >= 0.6 is 12.6 Å². The highest BCUT2D eigenvalue weighted by Gasteiger charge is 2.02. The highest BCUT2D eigenvalue weighted by atomic mass is 32.1. The van der Waals surface area contributed by atoms with E-state index in [0.717, 1.165) is 5.56 Å². The standard InChI is InChI=1S/C11H14N2O2S/c12-13-11(14)8-15-10-6-2-1-4-9(10)5-3-7-16/h1-6,16H,7-8,12H2,(H,13,14). The summed E-state index contributed by atoms with van der Waals surface area (Å²) in [6.45, 7) is -0.0950. The molecule has 0 unspecified atom stereocenters. The van der Waals surface area contributed by atoms with Gasteiger partial charge in [-0.15, -0.1) is 0 Å². The first-order chi connectivity index (χ1) is 7.77. The number of nitrogens with two attached hydrogens (primary N) is 1. The molecule has 0 radical (unpaired) electrons. The molecule has 0 aliphatic rings. The van der Waals surface area contributed by atoms with E-state index in [1.807, 2.05) is 35.8 Å². The second-order valence-electron chi connectivity index (χ2n) is 2.98. The molecular weight excluding hydrogens is 224 g/mol. The quantitative estimate of drug-likeness (QED) is 0.310. The van der Waals surface area contributed by atoms with Crippen LogP contribution in [0.5, 0.6) is 5.75 Å². The van der Waals surface area contributed by atoms with E-state index >= 15 is 0 Å². The summed E-state index contributed by atoms with van der Waals surface area (Å²) in [6, 6.07) is 7.43. The third-order valence-corrected chi connectivity index (χ3v) is 2.05. The van der Waals surface area contributed by atoms with Crippen LogP contribution in [0.25, 0.3) is 6.08 Å². The molecule has 1 aromatic carbocycles. The van der Waals surface area contributed by atoms with Crippen LogP contribution in [0.2, 0.25) is 0 Å². The maximum Gasteiger partial charge on any atom is 0.271 e. The molecule has 0 bridgehead atoms. The van der Waals surface area contributed by atoms with Gasteiger partial charge in [-0.3, -0.25) is 10.2 Å². The molecule has 1 rings (SSSR count). The zero-order valence-electron chi connectivity index (χ0n) is 8.72.